The molecule has 2 aromatic carbocycles. The number of carbonyl (C=O) groups excluding carboxylic acids is 1. The van der Waals surface area contributed by atoms with Gasteiger partial charge in [0.05, 0.1) is 23.9 Å². The van der Waals surface area contributed by atoms with Crippen molar-refractivity contribution in [2.45, 2.75) is 20.8 Å². The van der Waals surface area contributed by atoms with Crippen LogP contribution in [0.3, 0.4) is 0 Å². The topological polar surface area (TPSA) is 59.9 Å². The molecule has 5 nitrogen and oxygen atoms in total. The molecule has 7 heteroatoms. The van der Waals surface area contributed by atoms with Crippen LogP contribution < -0.4 is 14.9 Å². The first kappa shape index (κ1) is 20.3. The molecule has 1 N–H and O–H groups in total. The van der Waals surface area contributed by atoms with E-state index in [1.807, 2.05) is 26.8 Å². The predicted octanol–water partition coefficient (Wildman–Crippen LogP) is 4.97. The van der Waals surface area contributed by atoms with E-state index in [0.717, 1.165) is 15.6 Å². The average molecular weight is 440 g/mol. The van der Waals surface area contributed by atoms with E-state index in [-0.39, 0.29) is 5.91 Å². The highest BCUT2D eigenvalue weighted by atomic mass is 79.9. The van der Waals surface area contributed by atoms with Gasteiger partial charge in [0, 0.05) is 10.6 Å². The van der Waals surface area contributed by atoms with E-state index in [1.54, 1.807) is 24.3 Å². The molecular weight excluding hydrogens is 420 g/mol. The Labute approximate surface area is 166 Å². The largest absolute Gasteiger partial charge is 0.490 e. The molecule has 0 aliphatic carbocycles. The van der Waals surface area contributed by atoms with Crippen LogP contribution in [0.5, 0.6) is 11.5 Å². The van der Waals surface area contributed by atoms with Gasteiger partial charge in [-0.05, 0) is 72.1 Å². The van der Waals surface area contributed by atoms with Gasteiger partial charge < -0.3 is 9.47 Å². The molecule has 2 rings (SSSR count). The molecule has 138 valence electrons. The fourth-order valence-electron chi connectivity index (χ4n) is 2.17. The molecule has 0 radical (unpaired) electrons. The first-order valence-electron chi connectivity index (χ1n) is 8.15. The number of ether oxygens (including phenoxy) is 2. The second-order valence-corrected chi connectivity index (χ2v) is 6.62. The van der Waals surface area contributed by atoms with Crippen molar-refractivity contribution in [3.8, 4) is 11.5 Å². The minimum Gasteiger partial charge on any atom is -0.490 e. The van der Waals surface area contributed by atoms with Crippen LogP contribution in [0.4, 0.5) is 0 Å². The molecule has 0 aliphatic heterocycles. The molecule has 0 atom stereocenters. The lowest BCUT2D eigenvalue weighted by Crippen LogP contribution is -2.17. The Bertz CT molecular complexity index is 825. The van der Waals surface area contributed by atoms with Gasteiger partial charge in [-0.3, -0.25) is 4.79 Å². The highest BCUT2D eigenvalue weighted by Gasteiger charge is 2.11. The number of carbonyl (C=O) groups is 1. The van der Waals surface area contributed by atoms with Gasteiger partial charge in [-0.15, -0.1) is 0 Å². The van der Waals surface area contributed by atoms with Gasteiger partial charge in [0.1, 0.15) is 0 Å². The van der Waals surface area contributed by atoms with Crippen LogP contribution in [0.2, 0.25) is 5.02 Å². The van der Waals surface area contributed by atoms with Crippen molar-refractivity contribution in [1.82, 2.24) is 5.43 Å². The van der Waals surface area contributed by atoms with E-state index < -0.39 is 0 Å². The van der Waals surface area contributed by atoms with Crippen molar-refractivity contribution in [3.05, 3.63) is 56.5 Å². The monoisotopic (exact) mass is 438 g/mol. The maximum atomic E-state index is 12.1. The second kappa shape index (κ2) is 9.59. The van der Waals surface area contributed by atoms with E-state index >= 15 is 0 Å². The lowest BCUT2D eigenvalue weighted by molar-refractivity contribution is 0.0955. The molecular formula is C19H20BrClN2O3. The number of hydrogen-bond donors (Lipinski definition) is 1. The Hall–Kier alpha value is -2.05. The Kier molecular flexibility index (Phi) is 7.48. The van der Waals surface area contributed by atoms with E-state index in [9.17, 15) is 4.79 Å². The Balaban J connectivity index is 2.14. The summed E-state index contributed by atoms with van der Waals surface area (Å²) in [5, 5.41) is 4.54. The molecule has 0 heterocycles. The van der Waals surface area contributed by atoms with Crippen LogP contribution in [0.15, 0.2) is 39.9 Å². The van der Waals surface area contributed by atoms with E-state index in [4.69, 9.17) is 21.1 Å². The summed E-state index contributed by atoms with van der Waals surface area (Å²) >= 11 is 9.52. The fourth-order valence-corrected chi connectivity index (χ4v) is 2.93. The van der Waals surface area contributed by atoms with Crippen LogP contribution >= 0.6 is 27.5 Å². The van der Waals surface area contributed by atoms with Gasteiger partial charge in [0.25, 0.3) is 5.91 Å². The number of hydrazone groups is 1. The molecule has 0 fully saturated rings. The molecule has 0 bridgehead atoms. The van der Waals surface area contributed by atoms with Gasteiger partial charge in [0.15, 0.2) is 11.5 Å². The normalized spacial score (nSPS) is 10.8. The Morgan fingerprint density at radius 2 is 1.96 bits per heavy atom. The van der Waals surface area contributed by atoms with Gasteiger partial charge in [-0.25, -0.2) is 5.43 Å². The standard InChI is InChI=1S/C19H20BrClN2O3/c1-4-25-17-9-13(8-15(20)18(17)26-5-2)11-22-23-19(24)14-7-6-12(3)16(21)10-14/h6-11H,4-5H2,1-3H3,(H,23,24)/b22-11-. The second-order valence-electron chi connectivity index (χ2n) is 5.36. The smallest absolute Gasteiger partial charge is 0.271 e. The zero-order valence-corrected chi connectivity index (χ0v) is 17.1. The first-order chi connectivity index (χ1) is 12.5. The number of aryl methyl sites for hydroxylation is 1. The summed E-state index contributed by atoms with van der Waals surface area (Å²) in [6.07, 6.45) is 1.54. The molecule has 0 unspecified atom stereocenters. The molecule has 0 aliphatic rings. The zero-order valence-electron chi connectivity index (χ0n) is 14.8. The highest BCUT2D eigenvalue weighted by Crippen LogP contribution is 2.36. The van der Waals surface area contributed by atoms with Crippen molar-refractivity contribution in [3.63, 3.8) is 0 Å². The molecule has 2 aromatic rings. The Morgan fingerprint density at radius 1 is 1.23 bits per heavy atom. The van der Waals surface area contributed by atoms with Gasteiger partial charge in [0.2, 0.25) is 0 Å². The average Bonchev–Trinajstić information content (AvgIpc) is 2.60. The zero-order chi connectivity index (χ0) is 19.1. The quantitative estimate of drug-likeness (QED) is 0.489. The third kappa shape index (κ3) is 5.22. The van der Waals surface area contributed by atoms with Crippen LogP contribution in [0.25, 0.3) is 0 Å². The number of amides is 1. The lowest BCUT2D eigenvalue weighted by Gasteiger charge is -2.13. The van der Waals surface area contributed by atoms with E-state index in [0.29, 0.717) is 35.3 Å². The fraction of sp³-hybridized carbons (Fsp3) is 0.263. The lowest BCUT2D eigenvalue weighted by atomic mass is 10.1. The van der Waals surface area contributed by atoms with Crippen LogP contribution in [-0.4, -0.2) is 25.3 Å². The number of hydrogen-bond acceptors (Lipinski definition) is 4. The number of nitrogens with one attached hydrogen (secondary N) is 1. The molecule has 1 amide bonds. The summed E-state index contributed by atoms with van der Waals surface area (Å²) in [6, 6.07) is 8.75. The number of halogens is 2. The summed E-state index contributed by atoms with van der Waals surface area (Å²) in [5.74, 6) is 0.921. The Morgan fingerprint density at radius 3 is 2.62 bits per heavy atom. The minimum absolute atomic E-state index is 0.335. The third-order valence-corrected chi connectivity index (χ3v) is 4.43. The van der Waals surface area contributed by atoms with E-state index in [1.165, 1.54) is 6.21 Å². The molecule has 0 spiro atoms. The van der Waals surface area contributed by atoms with Crippen molar-refractivity contribution in [2.75, 3.05) is 13.2 Å². The predicted molar refractivity (Wildman–Crippen MR) is 108 cm³/mol. The minimum atomic E-state index is -0.335. The summed E-state index contributed by atoms with van der Waals surface area (Å²) in [6.45, 7) is 6.73. The molecule has 0 saturated heterocycles. The summed E-state index contributed by atoms with van der Waals surface area (Å²) in [4.78, 5) is 12.1. The maximum Gasteiger partial charge on any atom is 0.271 e. The van der Waals surface area contributed by atoms with Gasteiger partial charge in [-0.1, -0.05) is 17.7 Å². The van der Waals surface area contributed by atoms with Crippen molar-refractivity contribution >= 4 is 39.7 Å². The SMILES string of the molecule is CCOc1cc(/C=N\NC(=O)c2ccc(C)c(Cl)c2)cc(Br)c1OCC. The third-order valence-electron chi connectivity index (χ3n) is 3.43. The van der Waals surface area contributed by atoms with Crippen LogP contribution in [0.1, 0.15) is 35.3 Å². The molecule has 26 heavy (non-hydrogen) atoms. The number of nitrogens with zero attached hydrogens (tertiary/aromatic N) is 1. The van der Waals surface area contributed by atoms with Gasteiger partial charge in [-0.2, -0.15) is 5.10 Å². The highest BCUT2D eigenvalue weighted by molar-refractivity contribution is 9.10. The van der Waals surface area contributed by atoms with Crippen LogP contribution in [-0.2, 0) is 0 Å². The summed E-state index contributed by atoms with van der Waals surface area (Å²) < 4.78 is 12.0. The molecule has 0 aromatic heterocycles. The van der Waals surface area contributed by atoms with Crippen molar-refractivity contribution in [2.24, 2.45) is 5.10 Å². The van der Waals surface area contributed by atoms with Crippen molar-refractivity contribution < 1.29 is 14.3 Å². The van der Waals surface area contributed by atoms with Crippen LogP contribution in [0, 0.1) is 6.92 Å². The maximum absolute atomic E-state index is 12.1. The summed E-state index contributed by atoms with van der Waals surface area (Å²) in [5.41, 5.74) is 4.60. The first-order valence-corrected chi connectivity index (χ1v) is 9.32. The molecule has 0 saturated carbocycles. The summed E-state index contributed by atoms with van der Waals surface area (Å²) in [7, 11) is 0. The van der Waals surface area contributed by atoms with Crippen molar-refractivity contribution in [1.29, 1.82) is 0 Å². The van der Waals surface area contributed by atoms with E-state index in [2.05, 4.69) is 26.5 Å². The number of rotatable bonds is 7. The van der Waals surface area contributed by atoms with Gasteiger partial charge >= 0.3 is 0 Å². The number of benzene rings is 2.